The second kappa shape index (κ2) is 6.70. The summed E-state index contributed by atoms with van der Waals surface area (Å²) in [6, 6.07) is 6.05. The first-order valence-electron chi connectivity index (χ1n) is 8.45. The summed E-state index contributed by atoms with van der Waals surface area (Å²) in [7, 11) is 0. The van der Waals surface area contributed by atoms with Gasteiger partial charge >= 0.3 is 5.97 Å². The molecule has 0 unspecified atom stereocenters. The molecule has 0 amide bonds. The third-order valence-electron chi connectivity index (χ3n) is 4.34. The Morgan fingerprint density at radius 2 is 2.04 bits per heavy atom. The molecule has 0 saturated heterocycles. The standard InChI is InChI=1S/C18H17FN4O3/c1-11-20-16(26-22-11)10-25-18(24)17-14-4-2-3-5-15(14)23(21-17)13-8-6-12(19)7-9-13/h6-9H,2-5,10H2,1H3. The van der Waals surface area contributed by atoms with Crippen LogP contribution in [0.5, 0.6) is 0 Å². The van der Waals surface area contributed by atoms with Crippen LogP contribution in [0.2, 0.25) is 0 Å². The van der Waals surface area contributed by atoms with Gasteiger partial charge in [0.05, 0.1) is 5.69 Å². The van der Waals surface area contributed by atoms with Gasteiger partial charge < -0.3 is 9.26 Å². The van der Waals surface area contributed by atoms with Gasteiger partial charge in [0.1, 0.15) is 5.82 Å². The van der Waals surface area contributed by atoms with E-state index in [4.69, 9.17) is 9.26 Å². The normalized spacial score (nSPS) is 13.5. The van der Waals surface area contributed by atoms with Gasteiger partial charge in [0.15, 0.2) is 18.1 Å². The van der Waals surface area contributed by atoms with E-state index < -0.39 is 5.97 Å². The Morgan fingerprint density at radius 3 is 2.77 bits per heavy atom. The summed E-state index contributed by atoms with van der Waals surface area (Å²) in [6.45, 7) is 1.59. The molecule has 26 heavy (non-hydrogen) atoms. The van der Waals surface area contributed by atoms with Gasteiger partial charge in [-0.15, -0.1) is 0 Å². The predicted octanol–water partition coefficient (Wildman–Crippen LogP) is 2.94. The molecule has 2 aromatic heterocycles. The fraction of sp³-hybridized carbons (Fsp3) is 0.333. The number of fused-ring (bicyclic) bond motifs is 1. The number of aryl methyl sites for hydroxylation is 1. The Bertz CT molecular complexity index is 946. The summed E-state index contributed by atoms with van der Waals surface area (Å²) in [6.07, 6.45) is 3.59. The van der Waals surface area contributed by atoms with Gasteiger partial charge in [0, 0.05) is 11.3 Å². The van der Waals surface area contributed by atoms with Gasteiger partial charge in [-0.2, -0.15) is 10.1 Å². The number of halogens is 1. The van der Waals surface area contributed by atoms with E-state index in [1.165, 1.54) is 12.1 Å². The topological polar surface area (TPSA) is 83.0 Å². The highest BCUT2D eigenvalue weighted by Gasteiger charge is 2.27. The van der Waals surface area contributed by atoms with Crippen molar-refractivity contribution in [2.45, 2.75) is 39.2 Å². The van der Waals surface area contributed by atoms with E-state index in [1.54, 1.807) is 23.7 Å². The van der Waals surface area contributed by atoms with Gasteiger partial charge in [-0.1, -0.05) is 5.16 Å². The maximum atomic E-state index is 13.2. The third-order valence-corrected chi connectivity index (χ3v) is 4.34. The highest BCUT2D eigenvalue weighted by molar-refractivity contribution is 5.89. The quantitative estimate of drug-likeness (QED) is 0.669. The van der Waals surface area contributed by atoms with Crippen molar-refractivity contribution in [1.82, 2.24) is 19.9 Å². The van der Waals surface area contributed by atoms with Gasteiger partial charge in [-0.05, 0) is 56.9 Å². The van der Waals surface area contributed by atoms with E-state index in [-0.39, 0.29) is 18.3 Å². The molecule has 0 bridgehead atoms. The first kappa shape index (κ1) is 16.4. The number of ether oxygens (including phenoxy) is 1. The van der Waals surface area contributed by atoms with Gasteiger partial charge in [-0.3, -0.25) is 0 Å². The number of carbonyl (C=O) groups excluding carboxylic acids is 1. The van der Waals surface area contributed by atoms with Crippen molar-refractivity contribution in [3.63, 3.8) is 0 Å². The van der Waals surface area contributed by atoms with Crippen LogP contribution in [0.4, 0.5) is 4.39 Å². The van der Waals surface area contributed by atoms with Gasteiger partial charge in [0.2, 0.25) is 0 Å². The van der Waals surface area contributed by atoms with Crippen LogP contribution in [-0.2, 0) is 24.2 Å². The Balaban J connectivity index is 1.63. The van der Waals surface area contributed by atoms with Crippen molar-refractivity contribution in [2.75, 3.05) is 0 Å². The molecule has 2 heterocycles. The molecule has 0 saturated carbocycles. The van der Waals surface area contributed by atoms with E-state index in [9.17, 15) is 9.18 Å². The highest BCUT2D eigenvalue weighted by Crippen LogP contribution is 2.27. The lowest BCUT2D eigenvalue weighted by Gasteiger charge is -2.14. The minimum atomic E-state index is -0.528. The fourth-order valence-electron chi connectivity index (χ4n) is 3.15. The first-order valence-corrected chi connectivity index (χ1v) is 8.45. The Hall–Kier alpha value is -3.03. The highest BCUT2D eigenvalue weighted by atomic mass is 19.1. The van der Waals surface area contributed by atoms with Crippen molar-refractivity contribution in [3.05, 3.63) is 58.7 Å². The van der Waals surface area contributed by atoms with Crippen LogP contribution >= 0.6 is 0 Å². The molecular weight excluding hydrogens is 339 g/mol. The summed E-state index contributed by atoms with van der Waals surface area (Å²) in [5.74, 6) is -0.124. The number of benzene rings is 1. The lowest BCUT2D eigenvalue weighted by atomic mass is 9.95. The fourth-order valence-corrected chi connectivity index (χ4v) is 3.15. The van der Waals surface area contributed by atoms with E-state index in [2.05, 4.69) is 15.2 Å². The molecule has 0 radical (unpaired) electrons. The van der Waals surface area contributed by atoms with E-state index in [0.29, 0.717) is 11.5 Å². The van der Waals surface area contributed by atoms with Gasteiger partial charge in [0.25, 0.3) is 5.89 Å². The number of carbonyl (C=O) groups is 1. The molecule has 0 fully saturated rings. The second-order valence-corrected chi connectivity index (χ2v) is 6.18. The van der Waals surface area contributed by atoms with Crippen LogP contribution in [-0.4, -0.2) is 25.9 Å². The average molecular weight is 356 g/mol. The zero-order chi connectivity index (χ0) is 18.1. The van der Waals surface area contributed by atoms with E-state index in [0.717, 1.165) is 42.6 Å². The summed E-state index contributed by atoms with van der Waals surface area (Å²) < 4.78 is 25.2. The summed E-state index contributed by atoms with van der Waals surface area (Å²) in [4.78, 5) is 16.6. The summed E-state index contributed by atoms with van der Waals surface area (Å²) >= 11 is 0. The monoisotopic (exact) mass is 356 g/mol. The maximum Gasteiger partial charge on any atom is 0.359 e. The van der Waals surface area contributed by atoms with Crippen LogP contribution < -0.4 is 0 Å². The molecule has 8 heteroatoms. The number of nitrogens with zero attached hydrogens (tertiary/aromatic N) is 4. The maximum absolute atomic E-state index is 13.2. The molecule has 0 atom stereocenters. The van der Waals surface area contributed by atoms with Crippen LogP contribution in [0, 0.1) is 12.7 Å². The van der Waals surface area contributed by atoms with Crippen molar-refractivity contribution in [3.8, 4) is 5.69 Å². The summed E-state index contributed by atoms with van der Waals surface area (Å²) in [5.41, 5.74) is 2.88. The lowest BCUT2D eigenvalue weighted by Crippen LogP contribution is -2.10. The van der Waals surface area contributed by atoms with E-state index >= 15 is 0 Å². The molecule has 134 valence electrons. The molecule has 3 aromatic rings. The Morgan fingerprint density at radius 1 is 1.27 bits per heavy atom. The van der Waals surface area contributed by atoms with Crippen molar-refractivity contribution in [1.29, 1.82) is 0 Å². The smallest absolute Gasteiger partial charge is 0.359 e. The zero-order valence-corrected chi connectivity index (χ0v) is 14.2. The minimum absolute atomic E-state index is 0.0994. The number of aromatic nitrogens is 4. The van der Waals surface area contributed by atoms with Crippen LogP contribution in [0.25, 0.3) is 5.69 Å². The predicted molar refractivity (Wildman–Crippen MR) is 88.3 cm³/mol. The SMILES string of the molecule is Cc1noc(COC(=O)c2nn(-c3ccc(F)cc3)c3c2CCCC3)n1. The second-order valence-electron chi connectivity index (χ2n) is 6.18. The molecular formula is C18H17FN4O3. The molecule has 7 nitrogen and oxygen atoms in total. The number of hydrogen-bond acceptors (Lipinski definition) is 6. The molecule has 1 aliphatic carbocycles. The third kappa shape index (κ3) is 3.10. The molecule has 4 rings (SSSR count). The largest absolute Gasteiger partial charge is 0.451 e. The van der Waals surface area contributed by atoms with Crippen molar-refractivity contribution >= 4 is 5.97 Å². The molecule has 0 spiro atoms. The van der Waals surface area contributed by atoms with Crippen LogP contribution in [0.1, 0.15) is 46.3 Å². The van der Waals surface area contributed by atoms with E-state index in [1.807, 2.05) is 0 Å². The number of esters is 1. The average Bonchev–Trinajstić information content (AvgIpc) is 3.24. The zero-order valence-electron chi connectivity index (χ0n) is 14.2. The Labute approximate surface area is 148 Å². The lowest BCUT2D eigenvalue weighted by molar-refractivity contribution is 0.0421. The van der Waals surface area contributed by atoms with Crippen LogP contribution in [0.3, 0.4) is 0 Å². The minimum Gasteiger partial charge on any atom is -0.451 e. The Kier molecular flexibility index (Phi) is 4.24. The van der Waals surface area contributed by atoms with Crippen molar-refractivity contribution in [2.24, 2.45) is 0 Å². The summed E-state index contributed by atoms with van der Waals surface area (Å²) in [5, 5.41) is 8.12. The van der Waals surface area contributed by atoms with Crippen molar-refractivity contribution < 1.29 is 18.4 Å². The number of rotatable bonds is 4. The molecule has 0 aliphatic heterocycles. The molecule has 1 aromatic carbocycles. The van der Waals surface area contributed by atoms with Gasteiger partial charge in [-0.25, -0.2) is 13.9 Å². The molecule has 0 N–H and O–H groups in total. The molecule has 1 aliphatic rings. The van der Waals surface area contributed by atoms with Crippen LogP contribution in [0.15, 0.2) is 28.8 Å². The number of hydrogen-bond donors (Lipinski definition) is 0. The first-order chi connectivity index (χ1) is 12.6.